The van der Waals surface area contributed by atoms with Crippen molar-refractivity contribution in [3.8, 4) is 0 Å². The molecule has 0 spiro atoms. The average molecular weight is 484 g/mol. The van der Waals surface area contributed by atoms with E-state index < -0.39 is 0 Å². The van der Waals surface area contributed by atoms with Crippen LogP contribution in [0.3, 0.4) is 0 Å². The Labute approximate surface area is 204 Å². The first-order chi connectivity index (χ1) is 13.6. The first-order valence-electron chi connectivity index (χ1n) is 10.2. The number of piperazine rings is 1. The molecule has 3 aromatic rings. The maximum absolute atomic E-state index is 5.01. The van der Waals surface area contributed by atoms with Crippen molar-refractivity contribution in [3.63, 3.8) is 0 Å². The number of aromatic nitrogens is 2. The van der Waals surface area contributed by atoms with Gasteiger partial charge in [0.25, 0.3) is 0 Å². The standard InChI is InChI=1S/C24H30N4.3ClH/c1-18-23(27-19(2)26-18)24(3,28-16-14-25-15-17-28)22(20-10-6-4-7-11-20)21-12-8-5-9-13-21;;;/h4-13,22,25H,14-17H2,1-3H3,(H,26,27);3*1H. The van der Waals surface area contributed by atoms with Gasteiger partial charge in [-0.2, -0.15) is 0 Å². The van der Waals surface area contributed by atoms with Gasteiger partial charge in [0, 0.05) is 37.8 Å². The summed E-state index contributed by atoms with van der Waals surface area (Å²) >= 11 is 0. The molecule has 2 heterocycles. The maximum Gasteiger partial charge on any atom is 0.103 e. The molecule has 2 aromatic carbocycles. The Morgan fingerprint density at radius 1 is 0.839 bits per heavy atom. The van der Waals surface area contributed by atoms with Crippen LogP contribution in [-0.2, 0) is 5.54 Å². The highest BCUT2D eigenvalue weighted by molar-refractivity contribution is 5.86. The number of benzene rings is 2. The minimum Gasteiger partial charge on any atom is -0.346 e. The lowest BCUT2D eigenvalue weighted by atomic mass is 9.72. The van der Waals surface area contributed by atoms with Crippen LogP contribution in [0.2, 0.25) is 0 Å². The van der Waals surface area contributed by atoms with Gasteiger partial charge in [-0.15, -0.1) is 37.2 Å². The van der Waals surface area contributed by atoms with E-state index in [-0.39, 0.29) is 48.7 Å². The van der Waals surface area contributed by atoms with Crippen molar-refractivity contribution >= 4 is 37.2 Å². The molecule has 0 radical (unpaired) electrons. The first-order valence-corrected chi connectivity index (χ1v) is 10.2. The highest BCUT2D eigenvalue weighted by atomic mass is 35.5. The van der Waals surface area contributed by atoms with Crippen LogP contribution in [0.1, 0.15) is 41.2 Å². The van der Waals surface area contributed by atoms with E-state index >= 15 is 0 Å². The third kappa shape index (κ3) is 5.44. The summed E-state index contributed by atoms with van der Waals surface area (Å²) in [5.41, 5.74) is 4.73. The molecule has 170 valence electrons. The third-order valence-electron chi connectivity index (χ3n) is 6.08. The molecule has 7 heteroatoms. The number of nitrogens with one attached hydrogen (secondary N) is 2. The maximum atomic E-state index is 5.01. The first kappa shape index (κ1) is 27.5. The van der Waals surface area contributed by atoms with Crippen LogP contribution < -0.4 is 5.32 Å². The summed E-state index contributed by atoms with van der Waals surface area (Å²) in [7, 11) is 0. The summed E-state index contributed by atoms with van der Waals surface area (Å²) in [5.74, 6) is 1.17. The molecule has 31 heavy (non-hydrogen) atoms. The van der Waals surface area contributed by atoms with Crippen molar-refractivity contribution in [1.29, 1.82) is 0 Å². The van der Waals surface area contributed by atoms with E-state index in [1.165, 1.54) is 11.1 Å². The topological polar surface area (TPSA) is 44.0 Å². The highest BCUT2D eigenvalue weighted by Crippen LogP contribution is 2.46. The van der Waals surface area contributed by atoms with Gasteiger partial charge >= 0.3 is 0 Å². The minimum atomic E-state index is -0.250. The van der Waals surface area contributed by atoms with Gasteiger partial charge in [0.15, 0.2) is 0 Å². The quantitative estimate of drug-likeness (QED) is 0.521. The molecule has 0 bridgehead atoms. The molecule has 1 aromatic heterocycles. The third-order valence-corrected chi connectivity index (χ3v) is 6.08. The van der Waals surface area contributed by atoms with E-state index in [1.54, 1.807) is 0 Å². The van der Waals surface area contributed by atoms with Crippen LogP contribution in [0, 0.1) is 13.8 Å². The second-order valence-electron chi connectivity index (χ2n) is 7.93. The van der Waals surface area contributed by atoms with Crippen LogP contribution in [0.25, 0.3) is 0 Å². The number of aryl methyl sites for hydroxylation is 2. The van der Waals surface area contributed by atoms with Crippen molar-refractivity contribution in [3.05, 3.63) is 89.0 Å². The summed E-state index contributed by atoms with van der Waals surface area (Å²) in [4.78, 5) is 11.1. The van der Waals surface area contributed by atoms with Crippen LogP contribution in [0.4, 0.5) is 0 Å². The largest absolute Gasteiger partial charge is 0.346 e. The summed E-state index contributed by atoms with van der Waals surface area (Å²) in [6, 6.07) is 21.8. The summed E-state index contributed by atoms with van der Waals surface area (Å²) in [5, 5.41) is 3.51. The van der Waals surface area contributed by atoms with Crippen LogP contribution in [0.15, 0.2) is 60.7 Å². The van der Waals surface area contributed by atoms with Gasteiger partial charge in [0.1, 0.15) is 5.82 Å². The second kappa shape index (κ2) is 11.9. The fourth-order valence-corrected chi connectivity index (χ4v) is 4.83. The summed E-state index contributed by atoms with van der Waals surface area (Å²) in [6.45, 7) is 10.6. The van der Waals surface area contributed by atoms with E-state index in [2.05, 4.69) is 96.6 Å². The highest BCUT2D eigenvalue weighted by Gasteiger charge is 2.45. The van der Waals surface area contributed by atoms with Gasteiger partial charge in [-0.1, -0.05) is 60.7 Å². The van der Waals surface area contributed by atoms with Crippen molar-refractivity contribution < 1.29 is 0 Å². The number of rotatable bonds is 5. The van der Waals surface area contributed by atoms with Crippen LogP contribution >= 0.6 is 37.2 Å². The SMILES string of the molecule is Cc1nc(C(C)(C(c2ccccc2)c2ccccc2)N2CCNCC2)c(C)[nH]1.Cl.Cl.Cl. The Morgan fingerprint density at radius 2 is 1.32 bits per heavy atom. The molecular weight excluding hydrogens is 451 g/mol. The molecule has 1 fully saturated rings. The van der Waals surface area contributed by atoms with Crippen LogP contribution in [0.5, 0.6) is 0 Å². The fourth-order valence-electron chi connectivity index (χ4n) is 4.83. The molecule has 1 atom stereocenters. The van der Waals surface area contributed by atoms with Crippen molar-refractivity contribution in [1.82, 2.24) is 20.2 Å². The smallest absolute Gasteiger partial charge is 0.103 e. The lowest BCUT2D eigenvalue weighted by molar-refractivity contribution is 0.0672. The fraction of sp³-hybridized carbons (Fsp3) is 0.375. The molecule has 0 saturated carbocycles. The molecule has 4 rings (SSSR count). The van der Waals surface area contributed by atoms with Crippen molar-refractivity contribution in [2.75, 3.05) is 26.2 Å². The predicted octanol–water partition coefficient (Wildman–Crippen LogP) is 5.24. The molecule has 1 aliphatic rings. The predicted molar refractivity (Wildman–Crippen MR) is 136 cm³/mol. The number of imidazole rings is 1. The molecule has 4 nitrogen and oxygen atoms in total. The average Bonchev–Trinajstić information content (AvgIpc) is 3.09. The Balaban J connectivity index is 0.00000160. The number of hydrogen-bond donors (Lipinski definition) is 2. The summed E-state index contributed by atoms with van der Waals surface area (Å²) < 4.78 is 0. The molecule has 0 aliphatic carbocycles. The van der Waals surface area contributed by atoms with Gasteiger partial charge in [0.05, 0.1) is 11.2 Å². The van der Waals surface area contributed by atoms with E-state index in [4.69, 9.17) is 4.98 Å². The van der Waals surface area contributed by atoms with Crippen molar-refractivity contribution in [2.45, 2.75) is 32.2 Å². The number of aromatic amines is 1. The van der Waals surface area contributed by atoms with E-state index in [1.807, 2.05) is 0 Å². The molecular formula is C24H33Cl3N4. The number of hydrogen-bond acceptors (Lipinski definition) is 3. The second-order valence-corrected chi connectivity index (χ2v) is 7.93. The van der Waals surface area contributed by atoms with Gasteiger partial charge in [-0.25, -0.2) is 4.98 Å². The van der Waals surface area contributed by atoms with Gasteiger partial charge in [0.2, 0.25) is 0 Å². The minimum absolute atomic E-state index is 0. The van der Waals surface area contributed by atoms with Gasteiger partial charge < -0.3 is 10.3 Å². The Morgan fingerprint density at radius 3 is 1.74 bits per heavy atom. The number of halogens is 3. The van der Waals surface area contributed by atoms with Crippen molar-refractivity contribution in [2.24, 2.45) is 0 Å². The zero-order valence-corrected chi connectivity index (χ0v) is 20.7. The zero-order chi connectivity index (χ0) is 19.6. The molecule has 2 N–H and O–H groups in total. The lowest BCUT2D eigenvalue weighted by Crippen LogP contribution is -2.56. The monoisotopic (exact) mass is 482 g/mol. The van der Waals surface area contributed by atoms with E-state index in [0.29, 0.717) is 0 Å². The number of H-pyrrole nitrogens is 1. The lowest BCUT2D eigenvalue weighted by Gasteiger charge is -2.48. The van der Waals surface area contributed by atoms with E-state index in [9.17, 15) is 0 Å². The molecule has 1 saturated heterocycles. The molecule has 0 amide bonds. The molecule has 1 unspecified atom stereocenters. The Kier molecular flexibility index (Phi) is 10.5. The normalized spacial score (nSPS) is 15.9. The zero-order valence-electron chi connectivity index (χ0n) is 18.3. The number of nitrogens with zero attached hydrogens (tertiary/aromatic N) is 2. The summed E-state index contributed by atoms with van der Waals surface area (Å²) in [6.07, 6.45) is 0. The molecule has 1 aliphatic heterocycles. The van der Waals surface area contributed by atoms with Gasteiger partial charge in [-0.05, 0) is 31.9 Å². The van der Waals surface area contributed by atoms with E-state index in [0.717, 1.165) is 43.4 Å². The van der Waals surface area contributed by atoms with Crippen LogP contribution in [-0.4, -0.2) is 41.0 Å². The Hall–Kier alpha value is -1.56. The Bertz CT molecular complexity index is 872. The van der Waals surface area contributed by atoms with Gasteiger partial charge in [-0.3, -0.25) is 4.90 Å².